The molecule has 4 nitrogen and oxygen atoms in total. The number of likely N-dealkylation sites (tertiary alicyclic amines) is 1. The molecule has 0 aromatic carbocycles. The van der Waals surface area contributed by atoms with E-state index in [0.29, 0.717) is 24.5 Å². The summed E-state index contributed by atoms with van der Waals surface area (Å²) in [4.78, 5) is 14.6. The topological polar surface area (TPSA) is 44.4 Å². The van der Waals surface area contributed by atoms with Crippen molar-refractivity contribution in [1.82, 2.24) is 15.5 Å². The third-order valence-electron chi connectivity index (χ3n) is 5.29. The maximum Gasteiger partial charge on any atom is 0.234 e. The first-order valence-corrected chi connectivity index (χ1v) is 8.88. The molecular weight excluding hydrogens is 262 g/mol. The van der Waals surface area contributed by atoms with Gasteiger partial charge in [0.2, 0.25) is 5.91 Å². The van der Waals surface area contributed by atoms with Crippen LogP contribution in [0.5, 0.6) is 0 Å². The van der Waals surface area contributed by atoms with Crippen molar-refractivity contribution in [3.63, 3.8) is 0 Å². The molecule has 0 aromatic rings. The van der Waals surface area contributed by atoms with Gasteiger partial charge in [-0.3, -0.25) is 9.69 Å². The van der Waals surface area contributed by atoms with Gasteiger partial charge in [0.15, 0.2) is 0 Å². The fraction of sp³-hybridized carbons (Fsp3) is 0.941. The summed E-state index contributed by atoms with van der Waals surface area (Å²) in [6.45, 7) is 4.97. The first kappa shape index (κ1) is 16.8. The zero-order valence-corrected chi connectivity index (χ0v) is 13.9. The summed E-state index contributed by atoms with van der Waals surface area (Å²) in [7, 11) is 2.03. The first-order valence-electron chi connectivity index (χ1n) is 8.88. The molecule has 0 spiro atoms. The second-order valence-corrected chi connectivity index (χ2v) is 6.97. The Morgan fingerprint density at radius 3 is 2.52 bits per heavy atom. The molecule has 1 aliphatic carbocycles. The molecule has 0 aromatic heterocycles. The number of nitrogens with zero attached hydrogens (tertiary/aromatic N) is 1. The van der Waals surface area contributed by atoms with Crippen molar-refractivity contribution < 1.29 is 4.79 Å². The van der Waals surface area contributed by atoms with Crippen molar-refractivity contribution in [3.05, 3.63) is 0 Å². The van der Waals surface area contributed by atoms with E-state index in [4.69, 9.17) is 0 Å². The van der Waals surface area contributed by atoms with Crippen molar-refractivity contribution in [1.29, 1.82) is 0 Å². The van der Waals surface area contributed by atoms with Crippen molar-refractivity contribution in [2.24, 2.45) is 5.92 Å². The van der Waals surface area contributed by atoms with Crippen LogP contribution in [-0.2, 0) is 4.79 Å². The van der Waals surface area contributed by atoms with Crippen LogP contribution in [-0.4, -0.2) is 49.6 Å². The molecule has 2 fully saturated rings. The van der Waals surface area contributed by atoms with Crippen LogP contribution in [0.1, 0.15) is 58.3 Å². The molecule has 1 saturated carbocycles. The van der Waals surface area contributed by atoms with Crippen LogP contribution < -0.4 is 10.6 Å². The molecule has 4 heteroatoms. The van der Waals surface area contributed by atoms with Gasteiger partial charge in [-0.1, -0.05) is 25.7 Å². The van der Waals surface area contributed by atoms with Gasteiger partial charge in [-0.2, -0.15) is 0 Å². The molecule has 0 radical (unpaired) electrons. The number of hydrogen-bond donors (Lipinski definition) is 2. The van der Waals surface area contributed by atoms with Crippen LogP contribution >= 0.6 is 0 Å². The Morgan fingerprint density at radius 2 is 1.86 bits per heavy atom. The standard InChI is InChI=1S/C17H33N3O/c1-14(18-2)15-8-7-11-20(12-15)13-17(21)19-16-9-5-3-4-6-10-16/h14-16,18H,3-13H2,1-2H3,(H,19,21). The molecule has 2 atom stereocenters. The third kappa shape index (κ3) is 5.59. The number of rotatable bonds is 5. The summed E-state index contributed by atoms with van der Waals surface area (Å²) in [5.41, 5.74) is 0. The Kier molecular flexibility index (Phi) is 6.97. The van der Waals surface area contributed by atoms with Gasteiger partial charge in [0, 0.05) is 18.6 Å². The van der Waals surface area contributed by atoms with Crippen LogP contribution in [0.4, 0.5) is 0 Å². The molecule has 2 aliphatic rings. The van der Waals surface area contributed by atoms with Crippen LogP contribution in [0.2, 0.25) is 0 Å². The molecule has 2 N–H and O–H groups in total. The van der Waals surface area contributed by atoms with Crippen LogP contribution in [0.15, 0.2) is 0 Å². The second-order valence-electron chi connectivity index (χ2n) is 6.97. The minimum atomic E-state index is 0.236. The minimum absolute atomic E-state index is 0.236. The SMILES string of the molecule is CNC(C)C1CCCN(CC(=O)NC2CCCCCC2)C1. The molecule has 122 valence electrons. The lowest BCUT2D eigenvalue weighted by atomic mass is 9.91. The molecular formula is C17H33N3O. The van der Waals surface area contributed by atoms with Crippen molar-refractivity contribution >= 4 is 5.91 Å². The molecule has 1 amide bonds. The predicted octanol–water partition coefficient (Wildman–Crippen LogP) is 2.15. The van der Waals surface area contributed by atoms with Crippen LogP contribution in [0.25, 0.3) is 0 Å². The van der Waals surface area contributed by atoms with Gasteiger partial charge in [-0.15, -0.1) is 0 Å². The molecule has 2 unspecified atom stereocenters. The number of nitrogens with one attached hydrogen (secondary N) is 2. The zero-order valence-electron chi connectivity index (χ0n) is 13.9. The lowest BCUT2D eigenvalue weighted by molar-refractivity contribution is -0.123. The second kappa shape index (κ2) is 8.74. The minimum Gasteiger partial charge on any atom is -0.352 e. The number of amides is 1. The molecule has 21 heavy (non-hydrogen) atoms. The quantitative estimate of drug-likeness (QED) is 0.764. The lowest BCUT2D eigenvalue weighted by Crippen LogP contribution is -2.48. The van der Waals surface area contributed by atoms with Crippen molar-refractivity contribution in [3.8, 4) is 0 Å². The van der Waals surface area contributed by atoms with Crippen LogP contribution in [0, 0.1) is 5.92 Å². The van der Waals surface area contributed by atoms with E-state index < -0.39 is 0 Å². The lowest BCUT2D eigenvalue weighted by Gasteiger charge is -2.35. The Hall–Kier alpha value is -0.610. The molecule has 1 saturated heterocycles. The number of hydrogen-bond acceptors (Lipinski definition) is 3. The average molecular weight is 295 g/mol. The van der Waals surface area contributed by atoms with E-state index in [-0.39, 0.29) is 5.91 Å². The Morgan fingerprint density at radius 1 is 1.14 bits per heavy atom. The van der Waals surface area contributed by atoms with E-state index in [2.05, 4.69) is 22.5 Å². The van der Waals surface area contributed by atoms with Gasteiger partial charge in [-0.05, 0) is 52.1 Å². The fourth-order valence-corrected chi connectivity index (χ4v) is 3.78. The fourth-order valence-electron chi connectivity index (χ4n) is 3.78. The maximum atomic E-state index is 12.3. The maximum absolute atomic E-state index is 12.3. The number of carbonyl (C=O) groups excluding carboxylic acids is 1. The van der Waals surface area contributed by atoms with Crippen molar-refractivity contribution in [2.45, 2.75) is 70.4 Å². The summed E-state index contributed by atoms with van der Waals surface area (Å²) >= 11 is 0. The monoisotopic (exact) mass is 295 g/mol. The predicted molar refractivity (Wildman–Crippen MR) is 87.3 cm³/mol. The zero-order chi connectivity index (χ0) is 15.1. The van der Waals surface area contributed by atoms with E-state index in [1.807, 2.05) is 7.05 Å². The average Bonchev–Trinajstić information content (AvgIpc) is 2.75. The third-order valence-corrected chi connectivity index (χ3v) is 5.29. The Bertz CT molecular complexity index is 313. The molecule has 1 heterocycles. The first-order chi connectivity index (χ1) is 10.2. The Labute approximate surface area is 130 Å². The summed E-state index contributed by atoms with van der Waals surface area (Å²) in [5, 5.41) is 6.62. The highest BCUT2D eigenvalue weighted by Gasteiger charge is 2.25. The van der Waals surface area contributed by atoms with E-state index >= 15 is 0 Å². The number of piperidine rings is 1. The summed E-state index contributed by atoms with van der Waals surface area (Å²) in [6, 6.07) is 0.967. The van der Waals surface area contributed by atoms with E-state index in [1.54, 1.807) is 0 Å². The van der Waals surface area contributed by atoms with Crippen LogP contribution in [0.3, 0.4) is 0 Å². The Balaban J connectivity index is 1.73. The molecule has 2 rings (SSSR count). The van der Waals surface area contributed by atoms with Gasteiger partial charge >= 0.3 is 0 Å². The largest absolute Gasteiger partial charge is 0.352 e. The van der Waals surface area contributed by atoms with Gasteiger partial charge in [-0.25, -0.2) is 0 Å². The van der Waals surface area contributed by atoms with E-state index in [0.717, 1.165) is 13.1 Å². The van der Waals surface area contributed by atoms with Gasteiger partial charge in [0.05, 0.1) is 6.54 Å². The van der Waals surface area contributed by atoms with Gasteiger partial charge in [0.25, 0.3) is 0 Å². The highest BCUT2D eigenvalue weighted by atomic mass is 16.2. The highest BCUT2D eigenvalue weighted by Crippen LogP contribution is 2.20. The number of carbonyl (C=O) groups is 1. The normalized spacial score (nSPS) is 27.0. The summed E-state index contributed by atoms with van der Waals surface area (Å²) < 4.78 is 0. The van der Waals surface area contributed by atoms with Crippen molar-refractivity contribution in [2.75, 3.05) is 26.7 Å². The van der Waals surface area contributed by atoms with Gasteiger partial charge < -0.3 is 10.6 Å². The smallest absolute Gasteiger partial charge is 0.234 e. The van der Waals surface area contributed by atoms with Gasteiger partial charge in [0.1, 0.15) is 0 Å². The molecule has 1 aliphatic heterocycles. The summed E-state index contributed by atoms with van der Waals surface area (Å²) in [6.07, 6.45) is 10.1. The van der Waals surface area contributed by atoms with E-state index in [9.17, 15) is 4.79 Å². The highest BCUT2D eigenvalue weighted by molar-refractivity contribution is 5.78. The van der Waals surface area contributed by atoms with E-state index in [1.165, 1.54) is 51.4 Å². The summed E-state index contributed by atoms with van der Waals surface area (Å²) in [5.74, 6) is 0.911. The molecule has 0 bridgehead atoms.